The highest BCUT2D eigenvalue weighted by molar-refractivity contribution is 7.09. The molecule has 0 aliphatic carbocycles. The highest BCUT2D eigenvalue weighted by Crippen LogP contribution is 2.09. The number of nitrogens with zero attached hydrogens (tertiary/aromatic N) is 1. The first-order valence-corrected chi connectivity index (χ1v) is 7.16. The summed E-state index contributed by atoms with van der Waals surface area (Å²) in [6.45, 7) is 1.15. The van der Waals surface area contributed by atoms with Gasteiger partial charge in [0, 0.05) is 24.8 Å². The van der Waals surface area contributed by atoms with E-state index in [1.165, 1.54) is 16.7 Å². The van der Waals surface area contributed by atoms with Crippen molar-refractivity contribution < 1.29 is 14.7 Å². The summed E-state index contributed by atoms with van der Waals surface area (Å²) in [5, 5.41) is 13.7. The van der Waals surface area contributed by atoms with Crippen molar-refractivity contribution in [3.63, 3.8) is 0 Å². The third-order valence-electron chi connectivity index (χ3n) is 2.54. The largest absolute Gasteiger partial charge is 0.476 e. The number of carbonyl (C=O) groups is 2. The number of aromatic nitrogens is 1. The molecule has 1 aromatic heterocycles. The number of carbonyl (C=O) groups excluding carboxylic acids is 1. The maximum absolute atomic E-state index is 11.5. The third kappa shape index (κ3) is 6.30. The quantitative estimate of drug-likeness (QED) is 0.587. The van der Waals surface area contributed by atoms with Gasteiger partial charge in [-0.2, -0.15) is 0 Å². The Hall–Kier alpha value is -1.47. The Balaban J connectivity index is 2.15. The number of thiazole rings is 1. The average Bonchev–Trinajstić information content (AvgIpc) is 2.84. The fraction of sp³-hybridized carbons (Fsp3) is 0.583. The Bertz CT molecular complexity index is 420. The number of aromatic carboxylic acids is 1. The summed E-state index contributed by atoms with van der Waals surface area (Å²) < 4.78 is 0. The molecule has 0 atom stereocenters. The lowest BCUT2D eigenvalue weighted by molar-refractivity contribution is -0.121. The number of amides is 1. The molecule has 0 fully saturated rings. The molecule has 1 aromatic rings. The molecular weight excluding hydrogens is 266 g/mol. The SMILES string of the molecule is NCCCCCC(=O)NCCc1nc(C(=O)O)cs1. The molecule has 0 aliphatic rings. The highest BCUT2D eigenvalue weighted by atomic mass is 32.1. The first-order valence-electron chi connectivity index (χ1n) is 6.28. The first-order chi connectivity index (χ1) is 9.13. The summed E-state index contributed by atoms with van der Waals surface area (Å²) in [6.07, 6.45) is 3.84. The summed E-state index contributed by atoms with van der Waals surface area (Å²) in [6, 6.07) is 0. The van der Waals surface area contributed by atoms with Gasteiger partial charge in [0.1, 0.15) is 0 Å². The van der Waals surface area contributed by atoms with Crippen LogP contribution in [-0.2, 0) is 11.2 Å². The molecule has 0 aromatic carbocycles. The summed E-state index contributed by atoms with van der Waals surface area (Å²) in [5.74, 6) is -1.00. The summed E-state index contributed by atoms with van der Waals surface area (Å²) >= 11 is 1.30. The Morgan fingerprint density at radius 1 is 1.37 bits per heavy atom. The van der Waals surface area contributed by atoms with Crippen LogP contribution in [0.15, 0.2) is 5.38 Å². The zero-order valence-corrected chi connectivity index (χ0v) is 11.5. The van der Waals surface area contributed by atoms with Crippen LogP contribution in [0, 0.1) is 0 Å². The molecule has 6 nitrogen and oxygen atoms in total. The van der Waals surface area contributed by atoms with Crippen molar-refractivity contribution >= 4 is 23.2 Å². The number of unbranched alkanes of at least 4 members (excludes halogenated alkanes) is 2. The van der Waals surface area contributed by atoms with Crippen molar-refractivity contribution in [1.29, 1.82) is 0 Å². The molecule has 0 aliphatic heterocycles. The second-order valence-electron chi connectivity index (χ2n) is 4.13. The van der Waals surface area contributed by atoms with E-state index in [-0.39, 0.29) is 11.6 Å². The van der Waals surface area contributed by atoms with Gasteiger partial charge in [-0.1, -0.05) is 6.42 Å². The second kappa shape index (κ2) is 8.60. The molecule has 19 heavy (non-hydrogen) atoms. The van der Waals surface area contributed by atoms with Crippen molar-refractivity contribution in [2.75, 3.05) is 13.1 Å². The standard InChI is InChI=1S/C12H19N3O3S/c13-6-3-1-2-4-10(16)14-7-5-11-15-9(8-19-11)12(17)18/h8H,1-7,13H2,(H,14,16)(H,17,18). The lowest BCUT2D eigenvalue weighted by Gasteiger charge is -2.03. The molecule has 0 unspecified atom stereocenters. The van der Waals surface area contributed by atoms with E-state index in [2.05, 4.69) is 10.3 Å². The molecule has 106 valence electrons. The second-order valence-corrected chi connectivity index (χ2v) is 5.07. The lowest BCUT2D eigenvalue weighted by Crippen LogP contribution is -2.25. The van der Waals surface area contributed by atoms with E-state index in [0.717, 1.165) is 24.3 Å². The predicted molar refractivity (Wildman–Crippen MR) is 73.3 cm³/mol. The van der Waals surface area contributed by atoms with Gasteiger partial charge in [-0.25, -0.2) is 9.78 Å². The van der Waals surface area contributed by atoms with Crippen LogP contribution >= 0.6 is 11.3 Å². The first kappa shape index (κ1) is 15.6. The van der Waals surface area contributed by atoms with Gasteiger partial charge >= 0.3 is 5.97 Å². The number of carboxylic acids is 1. The Morgan fingerprint density at radius 3 is 2.79 bits per heavy atom. The van der Waals surface area contributed by atoms with E-state index in [9.17, 15) is 9.59 Å². The van der Waals surface area contributed by atoms with E-state index in [4.69, 9.17) is 10.8 Å². The summed E-state index contributed by atoms with van der Waals surface area (Å²) in [4.78, 5) is 26.0. The minimum absolute atomic E-state index is 0.0204. The third-order valence-corrected chi connectivity index (χ3v) is 3.45. The molecule has 0 spiro atoms. The van der Waals surface area contributed by atoms with Gasteiger partial charge in [0.2, 0.25) is 5.91 Å². The molecule has 1 heterocycles. The molecule has 0 saturated heterocycles. The molecular formula is C12H19N3O3S. The van der Waals surface area contributed by atoms with Crippen molar-refractivity contribution in [2.24, 2.45) is 5.73 Å². The van der Waals surface area contributed by atoms with Gasteiger partial charge in [0.15, 0.2) is 5.69 Å². The van der Waals surface area contributed by atoms with E-state index in [1.807, 2.05) is 0 Å². The lowest BCUT2D eigenvalue weighted by atomic mass is 10.2. The normalized spacial score (nSPS) is 10.4. The average molecular weight is 285 g/mol. The number of carboxylic acid groups (broad SMARTS) is 1. The van der Waals surface area contributed by atoms with Crippen LogP contribution in [-0.4, -0.2) is 35.1 Å². The van der Waals surface area contributed by atoms with Gasteiger partial charge in [-0.3, -0.25) is 4.79 Å². The molecule has 7 heteroatoms. The monoisotopic (exact) mass is 285 g/mol. The zero-order valence-electron chi connectivity index (χ0n) is 10.7. The van der Waals surface area contributed by atoms with Crippen LogP contribution in [0.25, 0.3) is 0 Å². The van der Waals surface area contributed by atoms with Gasteiger partial charge in [-0.15, -0.1) is 11.3 Å². The van der Waals surface area contributed by atoms with Gasteiger partial charge in [-0.05, 0) is 19.4 Å². The smallest absolute Gasteiger partial charge is 0.355 e. The molecule has 4 N–H and O–H groups in total. The summed E-state index contributed by atoms with van der Waals surface area (Å²) in [5.41, 5.74) is 5.43. The number of nitrogens with two attached hydrogens (primary N) is 1. The Morgan fingerprint density at radius 2 is 2.16 bits per heavy atom. The molecule has 0 saturated carbocycles. The van der Waals surface area contributed by atoms with Crippen LogP contribution in [0.1, 0.15) is 41.2 Å². The van der Waals surface area contributed by atoms with Gasteiger partial charge < -0.3 is 16.2 Å². The summed E-state index contributed by atoms with van der Waals surface area (Å²) in [7, 11) is 0. The predicted octanol–water partition coefficient (Wildman–Crippen LogP) is 1.02. The topological polar surface area (TPSA) is 105 Å². The van der Waals surface area contributed by atoms with Crippen molar-refractivity contribution in [2.45, 2.75) is 32.1 Å². The Kier molecular flexibility index (Phi) is 7.06. The van der Waals surface area contributed by atoms with Crippen LogP contribution in [0.5, 0.6) is 0 Å². The van der Waals surface area contributed by atoms with Crippen molar-refractivity contribution in [1.82, 2.24) is 10.3 Å². The van der Waals surface area contributed by atoms with E-state index < -0.39 is 5.97 Å². The number of hydrogen-bond donors (Lipinski definition) is 3. The van der Waals surface area contributed by atoms with Crippen LogP contribution in [0.4, 0.5) is 0 Å². The van der Waals surface area contributed by atoms with Crippen LogP contribution in [0.2, 0.25) is 0 Å². The molecule has 0 radical (unpaired) electrons. The van der Waals surface area contributed by atoms with Crippen LogP contribution in [0.3, 0.4) is 0 Å². The van der Waals surface area contributed by atoms with E-state index in [0.29, 0.717) is 25.9 Å². The van der Waals surface area contributed by atoms with Crippen molar-refractivity contribution in [3.05, 3.63) is 16.1 Å². The fourth-order valence-corrected chi connectivity index (χ4v) is 2.30. The molecule has 0 bridgehead atoms. The Labute approximate surface area is 116 Å². The molecule has 1 rings (SSSR count). The fourth-order valence-electron chi connectivity index (χ4n) is 1.53. The minimum Gasteiger partial charge on any atom is -0.476 e. The molecule has 1 amide bonds. The maximum Gasteiger partial charge on any atom is 0.355 e. The minimum atomic E-state index is -1.02. The zero-order chi connectivity index (χ0) is 14.1. The van der Waals surface area contributed by atoms with E-state index >= 15 is 0 Å². The maximum atomic E-state index is 11.5. The number of hydrogen-bond acceptors (Lipinski definition) is 5. The number of nitrogens with one attached hydrogen (secondary N) is 1. The number of rotatable bonds is 9. The highest BCUT2D eigenvalue weighted by Gasteiger charge is 2.08. The van der Waals surface area contributed by atoms with Gasteiger partial charge in [0.05, 0.1) is 5.01 Å². The van der Waals surface area contributed by atoms with Crippen molar-refractivity contribution in [3.8, 4) is 0 Å². The van der Waals surface area contributed by atoms with Gasteiger partial charge in [0.25, 0.3) is 0 Å². The van der Waals surface area contributed by atoms with E-state index in [1.54, 1.807) is 0 Å². The van der Waals surface area contributed by atoms with Crippen LogP contribution < -0.4 is 11.1 Å².